The molecule has 156 valence electrons. The maximum Gasteiger partial charge on any atom is 0.280 e. The van der Waals surface area contributed by atoms with Gasteiger partial charge in [0, 0.05) is 6.07 Å². The highest BCUT2D eigenvalue weighted by molar-refractivity contribution is 6.03. The Labute approximate surface area is 171 Å². The monoisotopic (exact) mass is 429 g/mol. The number of para-hydroxylation sites is 1. The zero-order chi connectivity index (χ0) is 22.1. The van der Waals surface area contributed by atoms with Gasteiger partial charge < -0.3 is 5.32 Å². The van der Waals surface area contributed by atoms with Crippen LogP contribution < -0.4 is 5.32 Å². The SMILES string of the molecule is N#Cc1cnn(-c2ccccc2)c1NC(=O)c1cc2nc(C(F)F)cc(C(F)F)n2n1. The van der Waals surface area contributed by atoms with E-state index in [0.29, 0.717) is 16.3 Å². The molecule has 0 fully saturated rings. The second kappa shape index (κ2) is 7.86. The topological polar surface area (TPSA) is 101 Å². The summed E-state index contributed by atoms with van der Waals surface area (Å²) in [5, 5.41) is 19.6. The van der Waals surface area contributed by atoms with Gasteiger partial charge in [-0.2, -0.15) is 15.5 Å². The number of benzene rings is 1. The maximum absolute atomic E-state index is 13.3. The van der Waals surface area contributed by atoms with E-state index in [1.54, 1.807) is 30.3 Å². The van der Waals surface area contributed by atoms with Crippen LogP contribution in [0.2, 0.25) is 0 Å². The van der Waals surface area contributed by atoms with Crippen molar-refractivity contribution in [2.75, 3.05) is 5.32 Å². The van der Waals surface area contributed by atoms with Gasteiger partial charge in [0.1, 0.15) is 23.0 Å². The second-order valence-corrected chi connectivity index (χ2v) is 6.23. The zero-order valence-electron chi connectivity index (χ0n) is 15.4. The highest BCUT2D eigenvalue weighted by Gasteiger charge is 2.23. The summed E-state index contributed by atoms with van der Waals surface area (Å²) in [6.07, 6.45) is -4.95. The Balaban J connectivity index is 1.74. The molecule has 0 atom stereocenters. The number of halogens is 4. The van der Waals surface area contributed by atoms with Gasteiger partial charge in [-0.25, -0.2) is 31.7 Å². The third-order valence-electron chi connectivity index (χ3n) is 4.28. The van der Waals surface area contributed by atoms with Crippen LogP contribution in [0, 0.1) is 11.3 Å². The van der Waals surface area contributed by atoms with Crippen LogP contribution in [0.3, 0.4) is 0 Å². The lowest BCUT2D eigenvalue weighted by Crippen LogP contribution is -2.17. The molecular formula is C19H11F4N7O. The second-order valence-electron chi connectivity index (χ2n) is 6.23. The van der Waals surface area contributed by atoms with Gasteiger partial charge in [0.15, 0.2) is 17.2 Å². The van der Waals surface area contributed by atoms with E-state index >= 15 is 0 Å². The van der Waals surface area contributed by atoms with Gasteiger partial charge in [-0.15, -0.1) is 0 Å². The minimum absolute atomic E-state index is 0.0334. The van der Waals surface area contributed by atoms with Crippen molar-refractivity contribution in [1.82, 2.24) is 24.4 Å². The summed E-state index contributed by atoms with van der Waals surface area (Å²) in [5.74, 6) is -0.829. The highest BCUT2D eigenvalue weighted by atomic mass is 19.3. The Morgan fingerprint density at radius 3 is 2.48 bits per heavy atom. The number of carbonyl (C=O) groups is 1. The van der Waals surface area contributed by atoms with Gasteiger partial charge in [-0.3, -0.25) is 4.79 Å². The Hall–Kier alpha value is -4.27. The quantitative estimate of drug-likeness (QED) is 0.485. The van der Waals surface area contributed by atoms with Crippen molar-refractivity contribution in [3.8, 4) is 11.8 Å². The number of aromatic nitrogens is 5. The van der Waals surface area contributed by atoms with E-state index in [0.717, 1.165) is 6.07 Å². The van der Waals surface area contributed by atoms with Crippen LogP contribution in [-0.4, -0.2) is 30.3 Å². The maximum atomic E-state index is 13.3. The third-order valence-corrected chi connectivity index (χ3v) is 4.28. The van der Waals surface area contributed by atoms with E-state index in [1.165, 1.54) is 10.9 Å². The summed E-state index contributed by atoms with van der Waals surface area (Å²) < 4.78 is 54.5. The summed E-state index contributed by atoms with van der Waals surface area (Å²) in [7, 11) is 0. The smallest absolute Gasteiger partial charge is 0.280 e. The molecule has 0 saturated heterocycles. The third kappa shape index (κ3) is 3.68. The molecule has 0 aliphatic rings. The molecule has 8 nitrogen and oxygen atoms in total. The van der Waals surface area contributed by atoms with Crippen molar-refractivity contribution < 1.29 is 22.4 Å². The van der Waals surface area contributed by atoms with Crippen molar-refractivity contribution in [2.24, 2.45) is 0 Å². The van der Waals surface area contributed by atoms with Gasteiger partial charge in [-0.1, -0.05) is 18.2 Å². The van der Waals surface area contributed by atoms with Gasteiger partial charge >= 0.3 is 0 Å². The minimum Gasteiger partial charge on any atom is -0.304 e. The average Bonchev–Trinajstić information content (AvgIpc) is 3.37. The van der Waals surface area contributed by atoms with Gasteiger partial charge in [0.05, 0.1) is 11.9 Å². The normalized spacial score (nSPS) is 11.3. The molecule has 3 aromatic heterocycles. The first-order valence-electron chi connectivity index (χ1n) is 8.71. The Kier molecular flexibility index (Phi) is 5.08. The van der Waals surface area contributed by atoms with E-state index in [9.17, 15) is 27.6 Å². The molecule has 1 amide bonds. The predicted octanol–water partition coefficient (Wildman–Crippen LogP) is 3.91. The fraction of sp³-hybridized carbons (Fsp3) is 0.105. The van der Waals surface area contributed by atoms with Crippen molar-refractivity contribution in [3.63, 3.8) is 0 Å². The predicted molar refractivity (Wildman–Crippen MR) is 99.1 cm³/mol. The molecule has 0 saturated carbocycles. The van der Waals surface area contributed by atoms with Crippen LogP contribution in [0.1, 0.15) is 40.3 Å². The minimum atomic E-state index is -3.12. The molecule has 0 spiro atoms. The first-order valence-corrected chi connectivity index (χ1v) is 8.71. The first kappa shape index (κ1) is 20.0. The fourth-order valence-corrected chi connectivity index (χ4v) is 2.88. The summed E-state index contributed by atoms with van der Waals surface area (Å²) >= 11 is 0. The summed E-state index contributed by atoms with van der Waals surface area (Å²) in [6, 6.07) is 12.1. The molecular weight excluding hydrogens is 418 g/mol. The molecule has 4 rings (SSSR count). The number of fused-ring (bicyclic) bond motifs is 1. The zero-order valence-corrected chi connectivity index (χ0v) is 15.4. The number of hydrogen-bond acceptors (Lipinski definition) is 5. The van der Waals surface area contributed by atoms with Crippen LogP contribution in [0.4, 0.5) is 23.4 Å². The van der Waals surface area contributed by atoms with Gasteiger partial charge in [0.2, 0.25) is 0 Å². The first-order chi connectivity index (χ1) is 14.9. The van der Waals surface area contributed by atoms with Crippen LogP contribution >= 0.6 is 0 Å². The lowest BCUT2D eigenvalue weighted by Gasteiger charge is -2.08. The number of anilines is 1. The van der Waals surface area contributed by atoms with E-state index in [4.69, 9.17) is 0 Å². The number of nitrogens with zero attached hydrogens (tertiary/aromatic N) is 6. The molecule has 0 unspecified atom stereocenters. The standard InChI is InChI=1S/C19H11F4N7O/c20-16(21)12-6-14(17(22)23)30-15(26-12)7-13(28-30)19(31)27-18-10(8-24)9-25-29(18)11-4-2-1-3-5-11/h1-7,9,16-17H,(H,27,31). The summed E-state index contributed by atoms with van der Waals surface area (Å²) in [5.41, 5.74) is -1.78. The fourth-order valence-electron chi connectivity index (χ4n) is 2.88. The lowest BCUT2D eigenvalue weighted by molar-refractivity contribution is 0.101. The molecule has 31 heavy (non-hydrogen) atoms. The number of nitriles is 1. The molecule has 0 aliphatic heterocycles. The lowest BCUT2D eigenvalue weighted by atomic mass is 10.3. The average molecular weight is 429 g/mol. The Bertz CT molecular complexity index is 1310. The number of hydrogen-bond donors (Lipinski definition) is 1. The van der Waals surface area contributed by atoms with Crippen molar-refractivity contribution >= 4 is 17.4 Å². The molecule has 0 bridgehead atoms. The molecule has 0 radical (unpaired) electrons. The van der Waals surface area contributed by atoms with Gasteiger partial charge in [-0.05, 0) is 18.2 Å². The molecule has 4 aromatic rings. The van der Waals surface area contributed by atoms with Crippen molar-refractivity contribution in [3.05, 3.63) is 71.3 Å². The number of nitrogens with one attached hydrogen (secondary N) is 1. The largest absolute Gasteiger partial charge is 0.304 e. The molecule has 0 aliphatic carbocycles. The van der Waals surface area contributed by atoms with E-state index in [2.05, 4.69) is 20.5 Å². The number of alkyl halides is 4. The Morgan fingerprint density at radius 2 is 1.84 bits per heavy atom. The molecule has 1 N–H and O–H groups in total. The van der Waals surface area contributed by atoms with Crippen LogP contribution in [0.5, 0.6) is 0 Å². The molecule has 1 aromatic carbocycles. The van der Waals surface area contributed by atoms with Crippen LogP contribution in [-0.2, 0) is 0 Å². The van der Waals surface area contributed by atoms with Crippen molar-refractivity contribution in [1.29, 1.82) is 5.26 Å². The number of carbonyl (C=O) groups excluding carboxylic acids is 1. The van der Waals surface area contributed by atoms with Gasteiger partial charge in [0.25, 0.3) is 18.8 Å². The highest BCUT2D eigenvalue weighted by Crippen LogP contribution is 2.26. The number of amides is 1. The molecule has 3 heterocycles. The Morgan fingerprint density at radius 1 is 1.10 bits per heavy atom. The van der Waals surface area contributed by atoms with Crippen LogP contribution in [0.15, 0.2) is 48.7 Å². The van der Waals surface area contributed by atoms with E-state index in [1.807, 2.05) is 6.07 Å². The van der Waals surface area contributed by atoms with E-state index in [-0.39, 0.29) is 22.7 Å². The van der Waals surface area contributed by atoms with Crippen LogP contribution in [0.25, 0.3) is 11.3 Å². The van der Waals surface area contributed by atoms with E-state index < -0.39 is 30.1 Å². The van der Waals surface area contributed by atoms with Crippen molar-refractivity contribution in [2.45, 2.75) is 12.9 Å². The summed E-state index contributed by atoms with van der Waals surface area (Å²) in [6.45, 7) is 0. The summed E-state index contributed by atoms with van der Waals surface area (Å²) in [4.78, 5) is 16.3. The number of rotatable bonds is 5. The molecule has 12 heteroatoms.